The van der Waals surface area contributed by atoms with E-state index in [4.69, 9.17) is 4.74 Å². The summed E-state index contributed by atoms with van der Waals surface area (Å²) >= 11 is 0. The summed E-state index contributed by atoms with van der Waals surface area (Å²) in [6.07, 6.45) is 3.87. The topological polar surface area (TPSA) is 159 Å². The molecule has 10 aromatic rings. The molecule has 0 saturated carbocycles. The second kappa shape index (κ2) is 16.4. The Hall–Kier alpha value is -8.68. The Labute approximate surface area is 427 Å². The Morgan fingerprint density at radius 1 is 0.267 bits per heavy atom. The molecule has 0 spiro atoms. The first kappa shape index (κ1) is 45.0. The zero-order valence-corrected chi connectivity index (χ0v) is 41.2. The third-order valence-electron chi connectivity index (χ3n) is 16.4. The normalized spacial score (nSPS) is 15.6. The first-order valence-corrected chi connectivity index (χ1v) is 26.0. The van der Waals surface area contributed by atoms with Crippen molar-refractivity contribution < 1.29 is 43.1 Å². The number of carbonyl (C=O) groups is 8. The minimum atomic E-state index is -0.398. The van der Waals surface area contributed by atoms with Crippen LogP contribution in [0.25, 0.3) is 86.2 Å². The summed E-state index contributed by atoms with van der Waals surface area (Å²) in [4.78, 5) is 117. The van der Waals surface area contributed by atoms with Crippen LogP contribution in [0.5, 0.6) is 0 Å². The van der Waals surface area contributed by atoms with Crippen molar-refractivity contribution in [1.29, 1.82) is 0 Å². The van der Waals surface area contributed by atoms with Crippen LogP contribution in [-0.4, -0.2) is 106 Å². The molecule has 0 saturated heterocycles. The van der Waals surface area contributed by atoms with E-state index in [1.165, 1.54) is 19.6 Å². The molecule has 4 heterocycles. The molecule has 13 nitrogen and oxygen atoms in total. The Morgan fingerprint density at radius 3 is 0.640 bits per heavy atom. The summed E-state index contributed by atoms with van der Waals surface area (Å²) in [5, 5.41) is 12.3. The molecule has 0 bridgehead atoms. The van der Waals surface area contributed by atoms with Gasteiger partial charge in [0.1, 0.15) is 0 Å². The van der Waals surface area contributed by atoms with Gasteiger partial charge in [-0.25, -0.2) is 0 Å². The standard InChI is InChI=1S/C62H46N4O9/c1-3-5-25-63-55(67)39-17-9-31-35-13-21-43-53-44(22-14-36(49(35)53)32-10-18-40(56(63)68)51(39)47(31)32)60(72)65(59(43)71)27-7-29-75-30-8-28-66-61(73)45-23-15-37-33-11-19-41-52-42(58(70)64(57(41)69)26-6-4-2)20-12-34(48(33)52)38-16-24-46(62(66)74)54(45)50(37)38/h9-24H,3-8,25-30H2,1-2H3. The highest BCUT2D eigenvalue weighted by Crippen LogP contribution is 2.48. The molecule has 0 atom stereocenters. The van der Waals surface area contributed by atoms with Crippen molar-refractivity contribution in [2.24, 2.45) is 0 Å². The van der Waals surface area contributed by atoms with Gasteiger partial charge < -0.3 is 4.74 Å². The highest BCUT2D eigenvalue weighted by molar-refractivity contribution is 6.43. The van der Waals surface area contributed by atoms with Gasteiger partial charge in [-0.05, 0) is 139 Å². The molecule has 0 aromatic heterocycles. The van der Waals surface area contributed by atoms with Crippen LogP contribution in [0.2, 0.25) is 0 Å². The zero-order valence-electron chi connectivity index (χ0n) is 41.2. The van der Waals surface area contributed by atoms with Gasteiger partial charge in [-0.1, -0.05) is 75.2 Å². The summed E-state index contributed by atoms with van der Waals surface area (Å²) in [6, 6.07) is 29.5. The van der Waals surface area contributed by atoms with Gasteiger partial charge in [-0.15, -0.1) is 0 Å². The number of fused-ring (bicyclic) bond motifs is 4. The second-order valence-electron chi connectivity index (χ2n) is 20.4. The van der Waals surface area contributed by atoms with Crippen LogP contribution in [0.3, 0.4) is 0 Å². The number of hydrogen-bond acceptors (Lipinski definition) is 9. The third-order valence-corrected chi connectivity index (χ3v) is 16.4. The van der Waals surface area contributed by atoms with E-state index < -0.39 is 23.6 Å². The number of amides is 8. The van der Waals surface area contributed by atoms with E-state index in [1.807, 2.05) is 62.4 Å². The zero-order chi connectivity index (χ0) is 51.3. The lowest BCUT2D eigenvalue weighted by molar-refractivity contribution is 0.0556. The Kier molecular flexibility index (Phi) is 9.84. The predicted molar refractivity (Wildman–Crippen MR) is 287 cm³/mol. The van der Waals surface area contributed by atoms with Crippen molar-refractivity contribution in [3.8, 4) is 0 Å². The molecule has 368 valence electrons. The van der Waals surface area contributed by atoms with Crippen molar-refractivity contribution in [2.75, 3.05) is 39.4 Å². The lowest BCUT2D eigenvalue weighted by Gasteiger charge is -2.30. The lowest BCUT2D eigenvalue weighted by Crippen LogP contribution is -2.41. The Balaban J connectivity index is 0.667. The van der Waals surface area contributed by atoms with Crippen molar-refractivity contribution in [3.63, 3.8) is 0 Å². The molecule has 0 fully saturated rings. The first-order valence-electron chi connectivity index (χ1n) is 26.0. The fourth-order valence-electron chi connectivity index (χ4n) is 12.9. The molecule has 8 amide bonds. The number of ether oxygens (including phenoxy) is 1. The van der Waals surface area contributed by atoms with Crippen LogP contribution in [0, 0.1) is 0 Å². The molecule has 0 unspecified atom stereocenters. The van der Waals surface area contributed by atoms with E-state index in [0.717, 1.165) is 90.3 Å². The average Bonchev–Trinajstić information content (AvgIpc) is 3.43. The second-order valence-corrected chi connectivity index (χ2v) is 20.4. The molecular formula is C62H46N4O9. The molecule has 0 aliphatic carbocycles. The predicted octanol–water partition coefficient (Wildman–Crippen LogP) is 11.3. The number of nitrogens with zero attached hydrogens (tertiary/aromatic N) is 4. The maximum Gasteiger partial charge on any atom is 0.261 e. The van der Waals surface area contributed by atoms with E-state index in [-0.39, 0.29) is 49.9 Å². The average molecular weight is 991 g/mol. The minimum absolute atomic E-state index is 0.121. The number of rotatable bonds is 14. The maximum absolute atomic E-state index is 14.2. The number of benzene rings is 10. The third kappa shape index (κ3) is 5.98. The van der Waals surface area contributed by atoms with Gasteiger partial charge in [0.2, 0.25) is 0 Å². The van der Waals surface area contributed by atoms with Gasteiger partial charge in [0.25, 0.3) is 47.3 Å². The van der Waals surface area contributed by atoms with Crippen LogP contribution in [0.1, 0.15) is 135 Å². The molecule has 13 heteroatoms. The number of imide groups is 4. The molecule has 4 aliphatic rings. The SMILES string of the molecule is CCCCN1C(=O)c2ccc3c4ccc5c6c(ccc(c7ccc(c2c37)C1=O)c64)C(=O)N(CCCOCCCN1C(=O)c2ccc3c4ccc6c7c(ccc(c8ccc(c2c38)C1=O)c74)C(=O)N(CCCC)C6=O)C5=O. The molecule has 14 rings (SSSR count). The largest absolute Gasteiger partial charge is 0.381 e. The Morgan fingerprint density at radius 2 is 0.453 bits per heavy atom. The first-order chi connectivity index (χ1) is 36.5. The minimum Gasteiger partial charge on any atom is -0.381 e. The van der Waals surface area contributed by atoms with Gasteiger partial charge in [0.05, 0.1) is 0 Å². The van der Waals surface area contributed by atoms with E-state index in [9.17, 15) is 38.4 Å². The van der Waals surface area contributed by atoms with Crippen LogP contribution < -0.4 is 0 Å². The van der Waals surface area contributed by atoms with E-state index >= 15 is 0 Å². The number of carbonyl (C=O) groups excluding carboxylic acids is 8. The van der Waals surface area contributed by atoms with Gasteiger partial charge in [0, 0.05) is 105 Å². The van der Waals surface area contributed by atoms with Crippen LogP contribution >= 0.6 is 0 Å². The van der Waals surface area contributed by atoms with Gasteiger partial charge in [0.15, 0.2) is 0 Å². The van der Waals surface area contributed by atoms with Crippen molar-refractivity contribution >= 4 is 133 Å². The summed E-state index contributed by atoms with van der Waals surface area (Å²) in [5.74, 6) is -2.78. The molecular weight excluding hydrogens is 945 g/mol. The van der Waals surface area contributed by atoms with E-state index in [2.05, 4.69) is 0 Å². The summed E-state index contributed by atoms with van der Waals surface area (Å²) in [5.41, 5.74) is 3.65. The highest BCUT2D eigenvalue weighted by atomic mass is 16.5. The van der Waals surface area contributed by atoms with Gasteiger partial charge in [-0.3, -0.25) is 58.0 Å². The van der Waals surface area contributed by atoms with Crippen molar-refractivity contribution in [1.82, 2.24) is 19.6 Å². The van der Waals surface area contributed by atoms with Crippen LogP contribution in [0.4, 0.5) is 0 Å². The summed E-state index contributed by atoms with van der Waals surface area (Å²) in [6.45, 7) is 5.46. The van der Waals surface area contributed by atoms with E-state index in [1.54, 1.807) is 48.5 Å². The molecule has 4 aliphatic heterocycles. The van der Waals surface area contributed by atoms with Crippen molar-refractivity contribution in [3.05, 3.63) is 142 Å². The maximum atomic E-state index is 14.2. The van der Waals surface area contributed by atoms with E-state index in [0.29, 0.717) is 92.0 Å². The highest BCUT2D eigenvalue weighted by Gasteiger charge is 2.39. The molecule has 0 radical (unpaired) electrons. The van der Waals surface area contributed by atoms with Crippen LogP contribution in [-0.2, 0) is 4.74 Å². The lowest BCUT2D eigenvalue weighted by atomic mass is 9.82. The fraction of sp³-hybridized carbons (Fsp3) is 0.226. The smallest absolute Gasteiger partial charge is 0.261 e. The van der Waals surface area contributed by atoms with Crippen molar-refractivity contribution in [2.45, 2.75) is 52.4 Å². The summed E-state index contributed by atoms with van der Waals surface area (Å²) < 4.78 is 5.98. The van der Waals surface area contributed by atoms with Gasteiger partial charge in [-0.2, -0.15) is 0 Å². The van der Waals surface area contributed by atoms with Crippen LogP contribution in [0.15, 0.2) is 97.1 Å². The quantitative estimate of drug-likeness (QED) is 0.0447. The fourth-order valence-corrected chi connectivity index (χ4v) is 12.9. The monoisotopic (exact) mass is 990 g/mol. The molecule has 10 aromatic carbocycles. The molecule has 75 heavy (non-hydrogen) atoms. The van der Waals surface area contributed by atoms with Gasteiger partial charge >= 0.3 is 0 Å². The molecule has 0 N–H and O–H groups in total. The Bertz CT molecular complexity index is 3830. The summed E-state index contributed by atoms with van der Waals surface area (Å²) in [7, 11) is 0. The number of unbranched alkanes of at least 4 members (excludes halogenated alkanes) is 2. The number of hydrogen-bond donors (Lipinski definition) is 0.